The lowest BCUT2D eigenvalue weighted by Crippen LogP contribution is -2.39. The van der Waals surface area contributed by atoms with E-state index >= 15 is 0 Å². The maximum Gasteiger partial charge on any atom is 0.223 e. The molecule has 0 radical (unpaired) electrons. The number of hydrogen-bond acceptors (Lipinski definition) is 3. The van der Waals surface area contributed by atoms with Gasteiger partial charge in [-0.25, -0.2) is 0 Å². The van der Waals surface area contributed by atoms with Gasteiger partial charge in [0, 0.05) is 26.1 Å². The molecule has 4 heteroatoms. The zero-order chi connectivity index (χ0) is 12.0. The van der Waals surface area contributed by atoms with Crippen LogP contribution < -0.4 is 5.32 Å². The summed E-state index contributed by atoms with van der Waals surface area (Å²) in [5.41, 5.74) is 0. The molecule has 2 N–H and O–H groups in total. The van der Waals surface area contributed by atoms with Gasteiger partial charge in [-0.1, -0.05) is 20.3 Å². The highest BCUT2D eigenvalue weighted by molar-refractivity contribution is 5.78. The largest absolute Gasteiger partial charge is 0.390 e. The van der Waals surface area contributed by atoms with Crippen molar-refractivity contribution in [2.75, 3.05) is 26.2 Å². The second-order valence-corrected chi connectivity index (χ2v) is 4.64. The van der Waals surface area contributed by atoms with E-state index in [2.05, 4.69) is 19.2 Å². The Morgan fingerprint density at radius 2 is 2.31 bits per heavy atom. The predicted octanol–water partition coefficient (Wildman–Crippen LogP) is 0.605. The van der Waals surface area contributed by atoms with E-state index in [1.165, 1.54) is 0 Å². The van der Waals surface area contributed by atoms with Crippen LogP contribution in [0.25, 0.3) is 0 Å². The number of β-amino-alcohol motifs (C(OH)–C–C–N with tert-alkyl or cyclic N) is 1. The standard InChI is InChI=1S/C12H24N2O2/c1-3-5-13-7-11(15)9-14-8-10(4-2)6-12(14)16/h10-11,13,15H,3-9H2,1-2H3. The first-order chi connectivity index (χ1) is 7.67. The van der Waals surface area contributed by atoms with Gasteiger partial charge in [-0.15, -0.1) is 0 Å². The van der Waals surface area contributed by atoms with Crippen molar-refractivity contribution < 1.29 is 9.90 Å². The Morgan fingerprint density at radius 3 is 2.88 bits per heavy atom. The van der Waals surface area contributed by atoms with E-state index in [1.807, 2.05) is 0 Å². The van der Waals surface area contributed by atoms with Crippen LogP contribution in [0.4, 0.5) is 0 Å². The number of carbonyl (C=O) groups is 1. The zero-order valence-electron chi connectivity index (χ0n) is 10.4. The summed E-state index contributed by atoms with van der Waals surface area (Å²) in [5.74, 6) is 0.685. The van der Waals surface area contributed by atoms with Crippen molar-refractivity contribution in [3.05, 3.63) is 0 Å². The van der Waals surface area contributed by atoms with Gasteiger partial charge in [-0.2, -0.15) is 0 Å². The second kappa shape index (κ2) is 6.86. The minimum Gasteiger partial charge on any atom is -0.390 e. The van der Waals surface area contributed by atoms with Crippen molar-refractivity contribution in [2.24, 2.45) is 5.92 Å². The molecule has 4 nitrogen and oxygen atoms in total. The summed E-state index contributed by atoms with van der Waals surface area (Å²) in [6.45, 7) is 7.00. The van der Waals surface area contributed by atoms with Gasteiger partial charge in [0.15, 0.2) is 0 Å². The van der Waals surface area contributed by atoms with Gasteiger partial charge in [0.1, 0.15) is 0 Å². The van der Waals surface area contributed by atoms with E-state index in [1.54, 1.807) is 4.90 Å². The summed E-state index contributed by atoms with van der Waals surface area (Å²) in [6, 6.07) is 0. The average Bonchev–Trinajstić information content (AvgIpc) is 2.60. The maximum absolute atomic E-state index is 11.6. The molecule has 2 unspecified atom stereocenters. The predicted molar refractivity (Wildman–Crippen MR) is 64.1 cm³/mol. The van der Waals surface area contributed by atoms with Crippen molar-refractivity contribution in [1.82, 2.24) is 10.2 Å². The minimum absolute atomic E-state index is 0.196. The summed E-state index contributed by atoms with van der Waals surface area (Å²) in [4.78, 5) is 13.4. The molecule has 0 aromatic heterocycles. The minimum atomic E-state index is -0.439. The van der Waals surface area contributed by atoms with Crippen molar-refractivity contribution in [3.63, 3.8) is 0 Å². The number of aliphatic hydroxyl groups is 1. The van der Waals surface area contributed by atoms with Gasteiger partial charge in [0.25, 0.3) is 0 Å². The lowest BCUT2D eigenvalue weighted by Gasteiger charge is -2.20. The summed E-state index contributed by atoms with van der Waals surface area (Å²) < 4.78 is 0. The number of carbonyl (C=O) groups excluding carboxylic acids is 1. The highest BCUT2D eigenvalue weighted by Gasteiger charge is 2.29. The van der Waals surface area contributed by atoms with Crippen LogP contribution in [-0.2, 0) is 4.79 Å². The van der Waals surface area contributed by atoms with Crippen LogP contribution in [0.15, 0.2) is 0 Å². The lowest BCUT2D eigenvalue weighted by atomic mass is 10.1. The van der Waals surface area contributed by atoms with E-state index in [0.29, 0.717) is 25.4 Å². The molecular formula is C12H24N2O2. The summed E-state index contributed by atoms with van der Waals surface area (Å²) in [5, 5.41) is 12.9. The van der Waals surface area contributed by atoms with Gasteiger partial charge < -0.3 is 15.3 Å². The van der Waals surface area contributed by atoms with Gasteiger partial charge in [0.05, 0.1) is 6.10 Å². The third-order valence-electron chi connectivity index (χ3n) is 3.11. The summed E-state index contributed by atoms with van der Waals surface area (Å²) in [6.07, 6.45) is 2.33. The van der Waals surface area contributed by atoms with Crippen LogP contribution in [0.5, 0.6) is 0 Å². The van der Waals surface area contributed by atoms with Crippen LogP contribution in [-0.4, -0.2) is 48.2 Å². The smallest absolute Gasteiger partial charge is 0.223 e. The molecule has 94 valence electrons. The van der Waals surface area contributed by atoms with Crippen molar-refractivity contribution >= 4 is 5.91 Å². The van der Waals surface area contributed by atoms with E-state index in [-0.39, 0.29) is 5.91 Å². The number of amides is 1. The van der Waals surface area contributed by atoms with Gasteiger partial charge in [-0.3, -0.25) is 4.79 Å². The van der Waals surface area contributed by atoms with E-state index < -0.39 is 6.10 Å². The van der Waals surface area contributed by atoms with Gasteiger partial charge in [0.2, 0.25) is 5.91 Å². The van der Waals surface area contributed by atoms with E-state index in [0.717, 1.165) is 25.9 Å². The molecule has 1 rings (SSSR count). The van der Waals surface area contributed by atoms with Gasteiger partial charge in [-0.05, 0) is 18.9 Å². The van der Waals surface area contributed by atoms with Crippen molar-refractivity contribution in [1.29, 1.82) is 0 Å². The van der Waals surface area contributed by atoms with E-state index in [9.17, 15) is 9.90 Å². The number of nitrogens with zero attached hydrogens (tertiary/aromatic N) is 1. The normalized spacial score (nSPS) is 22.8. The van der Waals surface area contributed by atoms with Crippen LogP contribution in [0.3, 0.4) is 0 Å². The monoisotopic (exact) mass is 228 g/mol. The Morgan fingerprint density at radius 1 is 1.56 bits per heavy atom. The number of nitrogens with one attached hydrogen (secondary N) is 1. The third kappa shape index (κ3) is 4.10. The Kier molecular flexibility index (Phi) is 5.77. The molecule has 2 atom stereocenters. The Bertz CT molecular complexity index is 221. The molecule has 0 spiro atoms. The molecule has 0 aromatic rings. The summed E-state index contributed by atoms with van der Waals surface area (Å²) >= 11 is 0. The lowest BCUT2D eigenvalue weighted by molar-refractivity contribution is -0.128. The van der Waals surface area contributed by atoms with Crippen LogP contribution in [0.2, 0.25) is 0 Å². The molecule has 1 heterocycles. The molecule has 0 saturated carbocycles. The topological polar surface area (TPSA) is 52.6 Å². The zero-order valence-corrected chi connectivity index (χ0v) is 10.4. The number of aliphatic hydroxyl groups excluding tert-OH is 1. The van der Waals surface area contributed by atoms with E-state index in [4.69, 9.17) is 0 Å². The first kappa shape index (κ1) is 13.5. The fraction of sp³-hybridized carbons (Fsp3) is 0.917. The van der Waals surface area contributed by atoms with Gasteiger partial charge >= 0.3 is 0 Å². The molecule has 1 aliphatic rings. The molecule has 1 amide bonds. The molecule has 0 bridgehead atoms. The molecule has 0 aliphatic carbocycles. The molecule has 1 fully saturated rings. The highest BCUT2D eigenvalue weighted by atomic mass is 16.3. The Balaban J connectivity index is 2.23. The first-order valence-corrected chi connectivity index (χ1v) is 6.33. The summed E-state index contributed by atoms with van der Waals surface area (Å²) in [7, 11) is 0. The number of rotatable bonds is 7. The number of hydrogen-bond donors (Lipinski definition) is 2. The molecule has 1 aliphatic heterocycles. The fourth-order valence-electron chi connectivity index (χ4n) is 2.07. The van der Waals surface area contributed by atoms with Crippen LogP contribution in [0.1, 0.15) is 33.1 Å². The quantitative estimate of drug-likeness (QED) is 0.628. The SMILES string of the molecule is CCCNCC(O)CN1CC(CC)CC1=O. The Labute approximate surface area is 98.0 Å². The fourth-order valence-corrected chi connectivity index (χ4v) is 2.07. The average molecular weight is 228 g/mol. The number of likely N-dealkylation sites (tertiary alicyclic amines) is 1. The molecular weight excluding hydrogens is 204 g/mol. The second-order valence-electron chi connectivity index (χ2n) is 4.64. The highest BCUT2D eigenvalue weighted by Crippen LogP contribution is 2.20. The molecule has 1 saturated heterocycles. The Hall–Kier alpha value is -0.610. The third-order valence-corrected chi connectivity index (χ3v) is 3.11. The molecule has 0 aromatic carbocycles. The molecule has 16 heavy (non-hydrogen) atoms. The van der Waals surface area contributed by atoms with Crippen LogP contribution in [0, 0.1) is 5.92 Å². The van der Waals surface area contributed by atoms with Crippen molar-refractivity contribution in [2.45, 2.75) is 39.2 Å². The van der Waals surface area contributed by atoms with Crippen molar-refractivity contribution in [3.8, 4) is 0 Å². The maximum atomic E-state index is 11.6. The van der Waals surface area contributed by atoms with Crippen LogP contribution >= 0.6 is 0 Å². The first-order valence-electron chi connectivity index (χ1n) is 6.33.